The van der Waals surface area contributed by atoms with Gasteiger partial charge in [0.2, 0.25) is 5.91 Å². The summed E-state index contributed by atoms with van der Waals surface area (Å²) in [6.07, 6.45) is 84.4. The van der Waals surface area contributed by atoms with Gasteiger partial charge in [-0.2, -0.15) is 0 Å². The molecule has 0 spiro atoms. The Labute approximate surface area is 474 Å². The molecule has 0 aliphatic heterocycles. The number of unbranched alkanes of at least 4 members (excludes halogenated alkanes) is 44. The summed E-state index contributed by atoms with van der Waals surface area (Å²) in [5, 5.41) is 23.4. The molecule has 1 amide bonds. The number of ether oxygens (including phenoxy) is 1. The maximum absolute atomic E-state index is 12.5. The molecule has 6 heteroatoms. The van der Waals surface area contributed by atoms with Gasteiger partial charge in [-0.1, -0.05) is 319 Å². The lowest BCUT2D eigenvalue weighted by Crippen LogP contribution is -2.45. The average Bonchev–Trinajstić information content (AvgIpc) is 3.42. The predicted molar refractivity (Wildman–Crippen MR) is 333 cm³/mol. The molecule has 0 rings (SSSR count). The topological polar surface area (TPSA) is 95.9 Å². The Morgan fingerprint density at radius 2 is 0.658 bits per heavy atom. The van der Waals surface area contributed by atoms with E-state index >= 15 is 0 Å². The van der Waals surface area contributed by atoms with Crippen LogP contribution >= 0.6 is 0 Å². The van der Waals surface area contributed by atoms with Crippen LogP contribution in [0.4, 0.5) is 0 Å². The number of carbonyl (C=O) groups excluding carboxylic acids is 2. The molecule has 0 radical (unpaired) electrons. The van der Waals surface area contributed by atoms with Crippen molar-refractivity contribution in [3.05, 3.63) is 48.6 Å². The summed E-state index contributed by atoms with van der Waals surface area (Å²) in [7, 11) is 0. The molecule has 2 atom stereocenters. The number of esters is 1. The standard InChI is InChI=1S/C70H131NO5/c1-3-5-7-9-11-13-15-17-19-21-22-24-27-31-34-38-42-46-50-54-58-62-68(73)67(66-72)71-69(74)63-59-55-51-47-43-39-35-32-28-25-23-26-29-33-37-41-45-49-53-57-61-65-76-70(75)64-60-56-52-48-44-40-36-30-20-18-16-14-12-10-8-6-4-2/h12,14,18,20,41,45,53,57,67-68,72-73H,3-11,13,15-17,19,21-40,42-44,46-52,54-56,58-66H2,1-2H3,(H,71,74)/b14-12-,20-18-,45-41-,57-53-. The molecule has 0 saturated carbocycles. The second kappa shape index (κ2) is 65.3. The van der Waals surface area contributed by atoms with Gasteiger partial charge in [-0.15, -0.1) is 0 Å². The third-order valence-corrected chi connectivity index (χ3v) is 15.6. The van der Waals surface area contributed by atoms with Crippen molar-refractivity contribution in [1.82, 2.24) is 5.32 Å². The molecule has 2 unspecified atom stereocenters. The number of carbonyl (C=O) groups is 2. The minimum atomic E-state index is -0.670. The van der Waals surface area contributed by atoms with Crippen LogP contribution in [-0.2, 0) is 14.3 Å². The van der Waals surface area contributed by atoms with Gasteiger partial charge in [-0.05, 0) is 77.0 Å². The van der Waals surface area contributed by atoms with E-state index < -0.39 is 12.1 Å². The Balaban J connectivity index is 3.45. The van der Waals surface area contributed by atoms with E-state index in [1.807, 2.05) is 0 Å². The first-order valence-corrected chi connectivity index (χ1v) is 33.9. The zero-order chi connectivity index (χ0) is 55.0. The Morgan fingerprint density at radius 3 is 1.03 bits per heavy atom. The molecule has 0 bridgehead atoms. The molecule has 0 aliphatic carbocycles. The average molecular weight is 1070 g/mol. The van der Waals surface area contributed by atoms with E-state index in [-0.39, 0.29) is 18.5 Å². The van der Waals surface area contributed by atoms with Gasteiger partial charge in [0.25, 0.3) is 0 Å². The summed E-state index contributed by atoms with van der Waals surface area (Å²) in [5.74, 6) is -0.0795. The minimum Gasteiger partial charge on any atom is -0.465 e. The van der Waals surface area contributed by atoms with E-state index in [0.29, 0.717) is 25.9 Å². The van der Waals surface area contributed by atoms with Crippen LogP contribution in [-0.4, -0.2) is 47.4 Å². The van der Waals surface area contributed by atoms with E-state index in [4.69, 9.17) is 4.74 Å². The van der Waals surface area contributed by atoms with Gasteiger partial charge in [0.05, 0.1) is 25.4 Å². The van der Waals surface area contributed by atoms with Crippen LogP contribution in [0.1, 0.15) is 361 Å². The van der Waals surface area contributed by atoms with Crippen molar-refractivity contribution in [2.24, 2.45) is 0 Å². The van der Waals surface area contributed by atoms with Crippen molar-refractivity contribution in [3.8, 4) is 0 Å². The molecular formula is C70H131NO5. The second-order valence-corrected chi connectivity index (χ2v) is 23.1. The molecule has 0 aromatic heterocycles. The number of rotatable bonds is 63. The van der Waals surface area contributed by atoms with Gasteiger partial charge < -0.3 is 20.3 Å². The number of aliphatic hydroxyl groups is 2. The number of aliphatic hydroxyl groups excluding tert-OH is 2. The van der Waals surface area contributed by atoms with Gasteiger partial charge in [0.15, 0.2) is 0 Å². The molecule has 0 fully saturated rings. The minimum absolute atomic E-state index is 0.0369. The molecule has 0 aromatic rings. The van der Waals surface area contributed by atoms with Gasteiger partial charge in [-0.3, -0.25) is 9.59 Å². The van der Waals surface area contributed by atoms with Gasteiger partial charge in [0.1, 0.15) is 0 Å². The first kappa shape index (κ1) is 73.8. The van der Waals surface area contributed by atoms with E-state index in [9.17, 15) is 19.8 Å². The fraction of sp³-hybridized carbons (Fsp3) is 0.857. The largest absolute Gasteiger partial charge is 0.465 e. The van der Waals surface area contributed by atoms with E-state index in [1.165, 1.54) is 270 Å². The number of amides is 1. The third kappa shape index (κ3) is 61.0. The summed E-state index contributed by atoms with van der Waals surface area (Å²) < 4.78 is 5.43. The van der Waals surface area contributed by atoms with Crippen molar-refractivity contribution in [2.75, 3.05) is 13.2 Å². The highest BCUT2D eigenvalue weighted by Crippen LogP contribution is 2.18. The number of nitrogens with one attached hydrogen (secondary N) is 1. The molecule has 0 aromatic carbocycles. The summed E-state index contributed by atoms with van der Waals surface area (Å²) in [6, 6.07) is -0.547. The Kier molecular flexibility index (Phi) is 63.5. The maximum atomic E-state index is 12.5. The lowest BCUT2D eigenvalue weighted by Gasteiger charge is -2.22. The first-order valence-electron chi connectivity index (χ1n) is 33.9. The molecule has 3 N–H and O–H groups in total. The number of allylic oxidation sites excluding steroid dienone is 7. The van der Waals surface area contributed by atoms with Crippen LogP contribution in [0, 0.1) is 0 Å². The van der Waals surface area contributed by atoms with Crippen molar-refractivity contribution >= 4 is 11.9 Å². The SMILES string of the molecule is CCCCC/C=C\C/C=C\CCCCCCCCCC(=O)OCC/C=C\C/C=C\CCCCCCCCCCCCCCCCC(=O)NC(CO)C(O)CCCCCCCCCCCCCCCCCCCCCCC. The van der Waals surface area contributed by atoms with Crippen molar-refractivity contribution < 1.29 is 24.5 Å². The van der Waals surface area contributed by atoms with Gasteiger partial charge >= 0.3 is 5.97 Å². The lowest BCUT2D eigenvalue weighted by atomic mass is 10.0. The second-order valence-electron chi connectivity index (χ2n) is 23.1. The van der Waals surface area contributed by atoms with E-state index in [1.54, 1.807) is 0 Å². The summed E-state index contributed by atoms with van der Waals surface area (Å²) >= 11 is 0. The molecule has 446 valence electrons. The zero-order valence-electron chi connectivity index (χ0n) is 51.0. The molecule has 6 nitrogen and oxygen atoms in total. The van der Waals surface area contributed by atoms with Crippen LogP contribution in [0.25, 0.3) is 0 Å². The lowest BCUT2D eigenvalue weighted by molar-refractivity contribution is -0.143. The normalized spacial score (nSPS) is 12.8. The van der Waals surface area contributed by atoms with E-state index in [0.717, 1.165) is 57.8 Å². The summed E-state index contributed by atoms with van der Waals surface area (Å²) in [5.41, 5.74) is 0. The highest BCUT2D eigenvalue weighted by Gasteiger charge is 2.20. The maximum Gasteiger partial charge on any atom is 0.305 e. The quantitative estimate of drug-likeness (QED) is 0.0320. The van der Waals surface area contributed by atoms with Crippen LogP contribution in [0.2, 0.25) is 0 Å². The molecule has 76 heavy (non-hydrogen) atoms. The fourth-order valence-corrected chi connectivity index (χ4v) is 10.5. The van der Waals surface area contributed by atoms with Crippen LogP contribution in [0.15, 0.2) is 48.6 Å². The summed E-state index contributed by atoms with van der Waals surface area (Å²) in [4.78, 5) is 24.6. The monoisotopic (exact) mass is 1070 g/mol. The van der Waals surface area contributed by atoms with Crippen LogP contribution in [0.3, 0.4) is 0 Å². The van der Waals surface area contributed by atoms with Crippen molar-refractivity contribution in [1.29, 1.82) is 0 Å². The fourth-order valence-electron chi connectivity index (χ4n) is 10.5. The number of hydrogen-bond acceptors (Lipinski definition) is 5. The van der Waals surface area contributed by atoms with Crippen molar-refractivity contribution in [3.63, 3.8) is 0 Å². The predicted octanol–water partition coefficient (Wildman–Crippen LogP) is 21.7. The molecule has 0 heterocycles. The van der Waals surface area contributed by atoms with Gasteiger partial charge in [-0.25, -0.2) is 0 Å². The Bertz CT molecular complexity index is 1270. The summed E-state index contributed by atoms with van der Waals surface area (Å²) in [6.45, 7) is 4.84. The van der Waals surface area contributed by atoms with Gasteiger partial charge in [0, 0.05) is 12.8 Å². The molecule has 0 saturated heterocycles. The third-order valence-electron chi connectivity index (χ3n) is 15.6. The van der Waals surface area contributed by atoms with Crippen molar-refractivity contribution in [2.45, 2.75) is 373 Å². The molecular weight excluding hydrogens is 935 g/mol. The van der Waals surface area contributed by atoms with E-state index in [2.05, 4.69) is 67.8 Å². The highest BCUT2D eigenvalue weighted by molar-refractivity contribution is 5.76. The zero-order valence-corrected chi connectivity index (χ0v) is 51.0. The van der Waals surface area contributed by atoms with Crippen LogP contribution < -0.4 is 5.32 Å². The Hall–Kier alpha value is -2.18. The smallest absolute Gasteiger partial charge is 0.305 e. The molecule has 0 aliphatic rings. The number of hydrogen-bond donors (Lipinski definition) is 3. The highest BCUT2D eigenvalue weighted by atomic mass is 16.5. The first-order chi connectivity index (χ1) is 37.5. The Morgan fingerprint density at radius 1 is 0.368 bits per heavy atom. The van der Waals surface area contributed by atoms with Crippen LogP contribution in [0.5, 0.6) is 0 Å².